The molecule has 0 bridgehead atoms. The van der Waals surface area contributed by atoms with E-state index in [-0.39, 0.29) is 30.4 Å². The fourth-order valence-corrected chi connectivity index (χ4v) is 4.14. The summed E-state index contributed by atoms with van der Waals surface area (Å²) in [5.41, 5.74) is 3.00. The highest BCUT2D eigenvalue weighted by Gasteiger charge is 2.35. The Labute approximate surface area is 188 Å². The summed E-state index contributed by atoms with van der Waals surface area (Å²) >= 11 is 0.948. The van der Waals surface area contributed by atoms with E-state index in [9.17, 15) is 9.59 Å². The first-order valence-electron chi connectivity index (χ1n) is 10.5. The Morgan fingerprint density at radius 3 is 2.48 bits per heavy atom. The molecule has 1 heterocycles. The maximum Gasteiger partial charge on any atom is 0.293 e. The van der Waals surface area contributed by atoms with Gasteiger partial charge in [0.1, 0.15) is 18.1 Å². The molecule has 2 amide bonds. The van der Waals surface area contributed by atoms with Crippen LogP contribution in [0, 0.1) is 6.92 Å². The number of carbonyl (C=O) groups excluding carboxylic acids is 2. The zero-order chi connectivity index (χ0) is 22.5. The number of hydrogen-bond donors (Lipinski definition) is 0. The van der Waals surface area contributed by atoms with Gasteiger partial charge in [-0.2, -0.15) is 0 Å². The first-order chi connectivity index (χ1) is 14.8. The van der Waals surface area contributed by atoms with Gasteiger partial charge in [0.15, 0.2) is 0 Å². The summed E-state index contributed by atoms with van der Waals surface area (Å²) in [4.78, 5) is 26.9. The van der Waals surface area contributed by atoms with E-state index in [0.717, 1.165) is 34.2 Å². The summed E-state index contributed by atoms with van der Waals surface area (Å²) in [6, 6.07) is 13.6. The van der Waals surface area contributed by atoms with Gasteiger partial charge < -0.3 is 9.47 Å². The number of para-hydroxylation sites is 1. The monoisotopic (exact) mass is 439 g/mol. The zero-order valence-corrected chi connectivity index (χ0v) is 19.5. The first kappa shape index (κ1) is 22.9. The van der Waals surface area contributed by atoms with E-state index >= 15 is 0 Å². The van der Waals surface area contributed by atoms with Crippen molar-refractivity contribution in [2.45, 2.75) is 46.6 Å². The van der Waals surface area contributed by atoms with Gasteiger partial charge in [-0.3, -0.25) is 14.5 Å². The second kappa shape index (κ2) is 10.1. The summed E-state index contributed by atoms with van der Waals surface area (Å²) in [6.07, 6.45) is 1.74. The van der Waals surface area contributed by atoms with Crippen molar-refractivity contribution < 1.29 is 19.1 Å². The van der Waals surface area contributed by atoms with Gasteiger partial charge >= 0.3 is 0 Å². The van der Waals surface area contributed by atoms with Gasteiger partial charge in [0.2, 0.25) is 0 Å². The van der Waals surface area contributed by atoms with Crippen molar-refractivity contribution in [3.8, 4) is 11.5 Å². The molecule has 0 N–H and O–H groups in total. The van der Waals surface area contributed by atoms with E-state index in [1.54, 1.807) is 6.08 Å². The molecular formula is C25H29NO4S. The minimum absolute atomic E-state index is 0.0131. The van der Waals surface area contributed by atoms with E-state index < -0.39 is 0 Å². The van der Waals surface area contributed by atoms with E-state index in [1.165, 1.54) is 4.90 Å². The molecule has 0 atom stereocenters. The number of thioether (sulfide) groups is 1. The number of imide groups is 1. The molecule has 0 aliphatic carbocycles. The number of carbonyl (C=O) groups is 2. The zero-order valence-electron chi connectivity index (χ0n) is 18.7. The second-order valence-corrected chi connectivity index (χ2v) is 9.08. The van der Waals surface area contributed by atoms with Crippen LogP contribution in [-0.4, -0.2) is 35.3 Å². The highest BCUT2D eigenvalue weighted by molar-refractivity contribution is 8.18. The third-order valence-electron chi connectivity index (χ3n) is 4.81. The molecule has 1 fully saturated rings. The lowest BCUT2D eigenvalue weighted by Crippen LogP contribution is -2.32. The minimum Gasteiger partial charge on any atom is -0.491 e. The molecule has 6 heteroatoms. The maximum absolute atomic E-state index is 12.8. The average molecular weight is 440 g/mol. The van der Waals surface area contributed by atoms with Crippen LogP contribution in [0.25, 0.3) is 6.08 Å². The van der Waals surface area contributed by atoms with E-state index in [0.29, 0.717) is 16.6 Å². The maximum atomic E-state index is 12.8. The molecule has 0 saturated carbocycles. The average Bonchev–Trinajstić information content (AvgIpc) is 2.96. The molecule has 0 spiro atoms. The Morgan fingerprint density at radius 2 is 1.77 bits per heavy atom. The van der Waals surface area contributed by atoms with Crippen LogP contribution in [0.1, 0.15) is 50.3 Å². The van der Waals surface area contributed by atoms with Crippen LogP contribution in [0.2, 0.25) is 0 Å². The van der Waals surface area contributed by atoms with Crippen LogP contribution in [0.4, 0.5) is 4.79 Å². The molecule has 5 nitrogen and oxygen atoms in total. The van der Waals surface area contributed by atoms with Gasteiger partial charge in [-0.1, -0.05) is 44.2 Å². The Morgan fingerprint density at radius 1 is 1.03 bits per heavy atom. The van der Waals surface area contributed by atoms with Gasteiger partial charge in [0.05, 0.1) is 17.6 Å². The van der Waals surface area contributed by atoms with Crippen LogP contribution >= 0.6 is 11.8 Å². The van der Waals surface area contributed by atoms with Crippen molar-refractivity contribution in [3.05, 3.63) is 64.1 Å². The number of benzene rings is 2. The molecule has 0 radical (unpaired) electrons. The summed E-state index contributed by atoms with van der Waals surface area (Å²) < 4.78 is 11.8. The number of hydrogen-bond acceptors (Lipinski definition) is 5. The predicted molar refractivity (Wildman–Crippen MR) is 126 cm³/mol. The molecule has 1 saturated heterocycles. The number of aryl methyl sites for hydroxylation is 1. The summed E-state index contributed by atoms with van der Waals surface area (Å²) in [5.74, 6) is 1.51. The van der Waals surface area contributed by atoms with E-state index in [1.807, 2.05) is 51.1 Å². The fraction of sp³-hybridized carbons (Fsp3) is 0.360. The van der Waals surface area contributed by atoms with E-state index in [2.05, 4.69) is 26.0 Å². The summed E-state index contributed by atoms with van der Waals surface area (Å²) in [5, 5.41) is -0.282. The lowest BCUT2D eigenvalue weighted by molar-refractivity contribution is -0.123. The SMILES string of the molecule is Cc1ccc(C(C)C)c(OCCN2C(=O)S/C(=C\c3ccccc3OC(C)C)C2=O)c1. The highest BCUT2D eigenvalue weighted by atomic mass is 32.2. The molecule has 1 aliphatic rings. The normalized spacial score (nSPS) is 15.5. The highest BCUT2D eigenvalue weighted by Crippen LogP contribution is 2.34. The third kappa shape index (κ3) is 5.70. The quantitative estimate of drug-likeness (QED) is 0.471. The molecule has 2 aromatic rings. The summed E-state index contributed by atoms with van der Waals surface area (Å²) in [6.45, 7) is 10.6. The first-order valence-corrected chi connectivity index (χ1v) is 11.3. The number of ether oxygens (including phenoxy) is 2. The minimum atomic E-state index is -0.300. The Bertz CT molecular complexity index is 997. The number of nitrogens with zero attached hydrogens (tertiary/aromatic N) is 1. The van der Waals surface area contributed by atoms with Crippen molar-refractivity contribution in [1.82, 2.24) is 4.90 Å². The Hall–Kier alpha value is -2.73. The van der Waals surface area contributed by atoms with Gasteiger partial charge in [-0.15, -0.1) is 0 Å². The molecule has 1 aliphatic heterocycles. The van der Waals surface area contributed by atoms with Crippen molar-refractivity contribution >= 4 is 29.0 Å². The Balaban J connectivity index is 1.69. The second-order valence-electron chi connectivity index (χ2n) is 8.08. The molecule has 31 heavy (non-hydrogen) atoms. The molecule has 0 unspecified atom stereocenters. The largest absolute Gasteiger partial charge is 0.491 e. The number of amides is 2. The predicted octanol–water partition coefficient (Wildman–Crippen LogP) is 6.02. The van der Waals surface area contributed by atoms with Gasteiger partial charge in [0, 0.05) is 5.56 Å². The van der Waals surface area contributed by atoms with Crippen LogP contribution in [0.15, 0.2) is 47.4 Å². The van der Waals surface area contributed by atoms with Crippen molar-refractivity contribution in [1.29, 1.82) is 0 Å². The third-order valence-corrected chi connectivity index (χ3v) is 5.71. The van der Waals surface area contributed by atoms with Crippen LogP contribution < -0.4 is 9.47 Å². The molecule has 2 aromatic carbocycles. The van der Waals surface area contributed by atoms with Crippen LogP contribution in [-0.2, 0) is 4.79 Å². The topological polar surface area (TPSA) is 55.8 Å². The van der Waals surface area contributed by atoms with E-state index in [4.69, 9.17) is 9.47 Å². The molecule has 164 valence electrons. The number of rotatable bonds is 8. The lowest BCUT2D eigenvalue weighted by atomic mass is 10.0. The van der Waals surface area contributed by atoms with Crippen LogP contribution in [0.3, 0.4) is 0 Å². The fourth-order valence-electron chi connectivity index (χ4n) is 3.29. The van der Waals surface area contributed by atoms with Crippen molar-refractivity contribution in [2.75, 3.05) is 13.2 Å². The van der Waals surface area contributed by atoms with Gasteiger partial charge in [-0.05, 0) is 67.8 Å². The molecular weight excluding hydrogens is 410 g/mol. The van der Waals surface area contributed by atoms with Crippen molar-refractivity contribution in [2.24, 2.45) is 0 Å². The molecule has 3 rings (SSSR count). The standard InChI is InChI=1S/C25H29NO4S/c1-16(2)20-11-10-18(5)14-22(20)29-13-12-26-24(27)23(31-25(26)28)15-19-8-6-7-9-21(19)30-17(3)4/h6-11,14-17H,12-13H2,1-5H3/b23-15-. The lowest BCUT2D eigenvalue weighted by Gasteiger charge is -2.17. The van der Waals surface area contributed by atoms with Gasteiger partial charge in [0.25, 0.3) is 11.1 Å². The van der Waals surface area contributed by atoms with Crippen molar-refractivity contribution in [3.63, 3.8) is 0 Å². The summed E-state index contributed by atoms with van der Waals surface area (Å²) in [7, 11) is 0. The van der Waals surface area contributed by atoms with Gasteiger partial charge in [-0.25, -0.2) is 0 Å². The molecule has 0 aromatic heterocycles. The Kier molecular flexibility index (Phi) is 7.44. The smallest absolute Gasteiger partial charge is 0.293 e. The van der Waals surface area contributed by atoms with Crippen LogP contribution in [0.5, 0.6) is 11.5 Å².